The summed E-state index contributed by atoms with van der Waals surface area (Å²) < 4.78 is 5.75. The largest absolute Gasteiger partial charge is 0.412 e. The number of hydrogen-bond acceptors (Lipinski definition) is 4. The molecule has 1 amide bonds. The maximum absolute atomic E-state index is 12.3. The summed E-state index contributed by atoms with van der Waals surface area (Å²) in [5.74, 6) is 0.707. The Hall–Kier alpha value is -1.75. The number of likely N-dealkylation sites (N-methyl/N-ethyl adjacent to an activating group) is 2. The summed E-state index contributed by atoms with van der Waals surface area (Å²) in [6.07, 6.45) is 6.96. The number of nitrogens with one attached hydrogen (secondary N) is 1. The van der Waals surface area contributed by atoms with Gasteiger partial charge < -0.3 is 15.0 Å². The van der Waals surface area contributed by atoms with Gasteiger partial charge >= 0.3 is 6.09 Å². The minimum Gasteiger partial charge on any atom is -0.410 e. The molecule has 2 aliphatic rings. The Morgan fingerprint density at radius 2 is 2.04 bits per heavy atom. The number of benzene rings is 1. The Labute approximate surface area is 157 Å². The molecule has 0 radical (unpaired) electrons. The van der Waals surface area contributed by atoms with Crippen molar-refractivity contribution in [3.05, 3.63) is 23.8 Å². The summed E-state index contributed by atoms with van der Waals surface area (Å²) in [5.41, 5.74) is 2.35. The van der Waals surface area contributed by atoms with Crippen LogP contribution in [0.1, 0.15) is 57.9 Å². The van der Waals surface area contributed by atoms with Crippen LogP contribution < -0.4 is 15.0 Å². The minimum atomic E-state index is -0.338. The first-order chi connectivity index (χ1) is 12.5. The number of carbonyl (C=O) groups is 1. The maximum Gasteiger partial charge on any atom is 0.412 e. The molecule has 2 atom stereocenters. The molecular weight excluding hydrogens is 326 g/mol. The number of likely N-dealkylation sites (tertiary alicyclic amines) is 1. The summed E-state index contributed by atoms with van der Waals surface area (Å²) in [6.45, 7) is 6.24. The van der Waals surface area contributed by atoms with Crippen LogP contribution in [0.5, 0.6) is 5.75 Å². The van der Waals surface area contributed by atoms with E-state index in [1.807, 2.05) is 12.1 Å². The molecular formula is C21H33N3O2. The number of amides is 1. The third kappa shape index (κ3) is 3.41. The number of rotatable bonds is 7. The summed E-state index contributed by atoms with van der Waals surface area (Å²) in [5, 5.41) is 2.91. The zero-order valence-corrected chi connectivity index (χ0v) is 16.7. The van der Waals surface area contributed by atoms with Crippen LogP contribution in [0.4, 0.5) is 10.5 Å². The van der Waals surface area contributed by atoms with E-state index >= 15 is 0 Å². The molecule has 1 fully saturated rings. The molecule has 2 unspecified atom stereocenters. The Morgan fingerprint density at radius 1 is 1.27 bits per heavy atom. The van der Waals surface area contributed by atoms with E-state index in [9.17, 15) is 4.79 Å². The molecule has 2 aliphatic heterocycles. The highest BCUT2D eigenvalue weighted by Crippen LogP contribution is 2.54. The predicted octanol–water partition coefficient (Wildman–Crippen LogP) is 4.11. The Balaban J connectivity index is 1.65. The van der Waals surface area contributed by atoms with Crippen LogP contribution in [0.2, 0.25) is 0 Å². The number of nitrogens with zero attached hydrogens (tertiary/aromatic N) is 2. The lowest BCUT2D eigenvalue weighted by Crippen LogP contribution is -2.45. The molecule has 144 valence electrons. The van der Waals surface area contributed by atoms with Gasteiger partial charge in [-0.2, -0.15) is 0 Å². The number of hydrogen-bond donors (Lipinski definition) is 1. The quantitative estimate of drug-likeness (QED) is 0.744. The van der Waals surface area contributed by atoms with Gasteiger partial charge in [-0.3, -0.25) is 4.90 Å². The van der Waals surface area contributed by atoms with Gasteiger partial charge in [0, 0.05) is 36.8 Å². The molecule has 1 aromatic carbocycles. The van der Waals surface area contributed by atoms with E-state index in [0.29, 0.717) is 18.5 Å². The molecule has 0 aliphatic carbocycles. The van der Waals surface area contributed by atoms with Crippen molar-refractivity contribution in [2.24, 2.45) is 0 Å². The third-order valence-corrected chi connectivity index (χ3v) is 6.05. The van der Waals surface area contributed by atoms with E-state index in [4.69, 9.17) is 4.74 Å². The predicted molar refractivity (Wildman–Crippen MR) is 106 cm³/mol. The van der Waals surface area contributed by atoms with Crippen molar-refractivity contribution < 1.29 is 9.53 Å². The zero-order valence-electron chi connectivity index (χ0n) is 16.7. The highest BCUT2D eigenvalue weighted by Gasteiger charge is 2.53. The van der Waals surface area contributed by atoms with Crippen LogP contribution in [-0.2, 0) is 5.41 Å². The normalized spacial score (nSPS) is 24.5. The van der Waals surface area contributed by atoms with Crippen LogP contribution in [0.3, 0.4) is 0 Å². The van der Waals surface area contributed by atoms with Gasteiger partial charge in [0.1, 0.15) is 5.75 Å². The fourth-order valence-corrected chi connectivity index (χ4v) is 4.78. The topological polar surface area (TPSA) is 44.8 Å². The fraction of sp³-hybridized carbons (Fsp3) is 0.667. The van der Waals surface area contributed by atoms with Crippen molar-refractivity contribution in [1.29, 1.82) is 0 Å². The van der Waals surface area contributed by atoms with E-state index in [1.54, 1.807) is 0 Å². The molecule has 0 bridgehead atoms. The van der Waals surface area contributed by atoms with E-state index in [0.717, 1.165) is 25.8 Å². The minimum absolute atomic E-state index is 0.00411. The maximum atomic E-state index is 12.3. The van der Waals surface area contributed by atoms with Crippen molar-refractivity contribution in [2.45, 2.75) is 64.0 Å². The summed E-state index contributed by atoms with van der Waals surface area (Å²) in [4.78, 5) is 17.0. The van der Waals surface area contributed by atoms with E-state index < -0.39 is 0 Å². The zero-order chi connectivity index (χ0) is 18.7. The average Bonchev–Trinajstić information content (AvgIpc) is 3.04. The van der Waals surface area contributed by atoms with Crippen LogP contribution in [0.15, 0.2) is 18.2 Å². The molecule has 0 spiro atoms. The standard InChI is InChI=1S/C21H33N3O2/c1-5-6-7-8-9-14-22-20(25)26-17-12-10-11-16-18(17)21(2)13-15-23(3)19(21)24(16)4/h10-12,19H,5-9,13-15H2,1-4H3,(H,22,25). The number of carbonyl (C=O) groups excluding carboxylic acids is 1. The second kappa shape index (κ2) is 7.87. The second-order valence-electron chi connectivity index (χ2n) is 8.01. The first-order valence-electron chi connectivity index (χ1n) is 10.0. The number of anilines is 1. The molecule has 1 aromatic rings. The van der Waals surface area contributed by atoms with Crippen LogP contribution in [0.25, 0.3) is 0 Å². The van der Waals surface area contributed by atoms with Crippen molar-refractivity contribution in [1.82, 2.24) is 10.2 Å². The molecule has 5 nitrogen and oxygen atoms in total. The third-order valence-electron chi connectivity index (χ3n) is 6.05. The highest BCUT2D eigenvalue weighted by atomic mass is 16.6. The smallest absolute Gasteiger partial charge is 0.410 e. The van der Waals surface area contributed by atoms with Gasteiger partial charge in [-0.1, -0.05) is 45.6 Å². The first kappa shape index (κ1) is 19.0. The van der Waals surface area contributed by atoms with E-state index in [1.165, 1.54) is 30.5 Å². The number of ether oxygens (including phenoxy) is 1. The summed E-state index contributed by atoms with van der Waals surface area (Å²) in [7, 11) is 4.31. The molecule has 2 heterocycles. The van der Waals surface area contributed by atoms with Crippen molar-refractivity contribution >= 4 is 11.8 Å². The fourth-order valence-electron chi connectivity index (χ4n) is 4.78. The van der Waals surface area contributed by atoms with Crippen LogP contribution >= 0.6 is 0 Å². The monoisotopic (exact) mass is 359 g/mol. The molecule has 0 aromatic heterocycles. The molecule has 1 saturated heterocycles. The summed E-state index contributed by atoms with van der Waals surface area (Å²) >= 11 is 0. The number of fused-ring (bicyclic) bond motifs is 3. The lowest BCUT2D eigenvalue weighted by Gasteiger charge is -2.32. The van der Waals surface area contributed by atoms with E-state index in [-0.39, 0.29) is 11.5 Å². The van der Waals surface area contributed by atoms with Gasteiger partial charge in [0.05, 0.1) is 6.17 Å². The Kier molecular flexibility index (Phi) is 5.76. The highest BCUT2D eigenvalue weighted by molar-refractivity contribution is 5.75. The molecule has 1 N–H and O–H groups in total. The van der Waals surface area contributed by atoms with Gasteiger partial charge in [0.15, 0.2) is 0 Å². The second-order valence-corrected chi connectivity index (χ2v) is 8.01. The molecule has 3 rings (SSSR count). The van der Waals surface area contributed by atoms with Gasteiger partial charge in [-0.25, -0.2) is 4.79 Å². The van der Waals surface area contributed by atoms with Crippen LogP contribution in [0, 0.1) is 0 Å². The molecule has 26 heavy (non-hydrogen) atoms. The number of unbranched alkanes of at least 4 members (excludes halogenated alkanes) is 4. The van der Waals surface area contributed by atoms with Crippen molar-refractivity contribution in [2.75, 3.05) is 32.1 Å². The summed E-state index contributed by atoms with van der Waals surface area (Å²) in [6, 6.07) is 6.04. The van der Waals surface area contributed by atoms with Crippen LogP contribution in [-0.4, -0.2) is 44.3 Å². The lowest BCUT2D eigenvalue weighted by atomic mass is 9.81. The molecule has 5 heteroatoms. The first-order valence-corrected chi connectivity index (χ1v) is 10.0. The van der Waals surface area contributed by atoms with Crippen molar-refractivity contribution in [3.8, 4) is 5.75 Å². The molecule has 0 saturated carbocycles. The van der Waals surface area contributed by atoms with Gasteiger partial charge in [-0.05, 0) is 32.0 Å². The van der Waals surface area contributed by atoms with Gasteiger partial charge in [-0.15, -0.1) is 0 Å². The van der Waals surface area contributed by atoms with Gasteiger partial charge in [0.25, 0.3) is 0 Å². The van der Waals surface area contributed by atoms with Crippen molar-refractivity contribution in [3.63, 3.8) is 0 Å². The van der Waals surface area contributed by atoms with Gasteiger partial charge in [0.2, 0.25) is 0 Å². The SMILES string of the molecule is CCCCCCCNC(=O)Oc1cccc2c1C1(C)CCN(C)C1N2C. The average molecular weight is 360 g/mol. The lowest BCUT2D eigenvalue weighted by molar-refractivity contribution is 0.198. The Morgan fingerprint density at radius 3 is 2.81 bits per heavy atom. The van der Waals surface area contributed by atoms with E-state index in [2.05, 4.69) is 49.1 Å². The Bertz CT molecular complexity index is 648.